The second-order valence-electron chi connectivity index (χ2n) is 7.30. The largest absolute Gasteiger partial charge is 0.481 e. The zero-order chi connectivity index (χ0) is 19.4. The number of imidazole rings is 1. The molecule has 3 rings (SSSR count). The highest BCUT2D eigenvalue weighted by Gasteiger charge is 2.42. The summed E-state index contributed by atoms with van der Waals surface area (Å²) in [6.45, 7) is 2.60. The van der Waals surface area contributed by atoms with Gasteiger partial charge in [-0.1, -0.05) is 62.1 Å². The van der Waals surface area contributed by atoms with Crippen molar-refractivity contribution in [3.8, 4) is 0 Å². The lowest BCUT2D eigenvalue weighted by Crippen LogP contribution is -2.32. The molecule has 0 radical (unpaired) electrons. The number of carbonyl (C=O) groups excluding carboxylic acids is 1. The van der Waals surface area contributed by atoms with E-state index in [9.17, 15) is 14.7 Å². The van der Waals surface area contributed by atoms with E-state index in [2.05, 4.69) is 11.9 Å². The van der Waals surface area contributed by atoms with Crippen LogP contribution in [-0.4, -0.2) is 26.9 Å². The third kappa shape index (κ3) is 3.79. The molecule has 0 atom stereocenters. The van der Waals surface area contributed by atoms with Gasteiger partial charge in [-0.15, -0.1) is 0 Å². The number of unbranched alkanes of at least 4 members (excludes halogenated alkanes) is 1. The highest BCUT2D eigenvalue weighted by Crippen LogP contribution is 2.41. The molecule has 0 unspecified atom stereocenters. The summed E-state index contributed by atoms with van der Waals surface area (Å²) in [6, 6.07) is 7.73. The predicted molar refractivity (Wildman–Crippen MR) is 105 cm³/mol. The van der Waals surface area contributed by atoms with Crippen molar-refractivity contribution in [3.05, 3.63) is 52.1 Å². The maximum atomic E-state index is 11.9. The smallest absolute Gasteiger partial charge is 0.314 e. The number of benzene rings is 1. The van der Waals surface area contributed by atoms with E-state index in [1.54, 1.807) is 0 Å². The van der Waals surface area contributed by atoms with E-state index in [-0.39, 0.29) is 5.15 Å². The number of hydrogen-bond donors (Lipinski definition) is 1. The summed E-state index contributed by atoms with van der Waals surface area (Å²) in [5.41, 5.74) is 1.50. The number of aldehydes is 1. The Hall–Kier alpha value is -2.14. The van der Waals surface area contributed by atoms with E-state index >= 15 is 0 Å². The van der Waals surface area contributed by atoms with Crippen LogP contribution in [0.25, 0.3) is 0 Å². The van der Waals surface area contributed by atoms with Gasteiger partial charge < -0.3 is 9.67 Å². The molecule has 1 aliphatic rings. The fraction of sp³-hybridized carbons (Fsp3) is 0.476. The molecule has 1 fully saturated rings. The van der Waals surface area contributed by atoms with E-state index in [0.717, 1.165) is 55.3 Å². The first kappa shape index (κ1) is 19.6. The third-order valence-corrected chi connectivity index (χ3v) is 5.90. The predicted octanol–water partition coefficient (Wildman–Crippen LogP) is 4.64. The number of hydrogen-bond acceptors (Lipinski definition) is 3. The minimum Gasteiger partial charge on any atom is -0.481 e. The van der Waals surface area contributed by atoms with Crippen LogP contribution in [0.3, 0.4) is 0 Å². The Balaban J connectivity index is 1.87. The standard InChI is InChI=1S/C21H25ClN2O3/c1-2-3-6-18-23-19(22)17(14-25)24(18)13-15-7-9-16(10-8-15)21(20(26)27)11-4-5-12-21/h7-10,14H,2-6,11-13H2,1H3,(H,26,27). The van der Waals surface area contributed by atoms with Gasteiger partial charge in [0, 0.05) is 13.0 Å². The molecule has 1 N–H and O–H groups in total. The topological polar surface area (TPSA) is 72.2 Å². The van der Waals surface area contributed by atoms with Gasteiger partial charge in [-0.3, -0.25) is 9.59 Å². The number of aryl methyl sites for hydroxylation is 1. The Morgan fingerprint density at radius 1 is 1.30 bits per heavy atom. The lowest BCUT2D eigenvalue weighted by atomic mass is 9.79. The average molecular weight is 389 g/mol. The summed E-state index contributed by atoms with van der Waals surface area (Å²) in [6.07, 6.45) is 6.81. The minimum atomic E-state index is -0.753. The molecule has 144 valence electrons. The van der Waals surface area contributed by atoms with E-state index in [0.29, 0.717) is 25.1 Å². The van der Waals surface area contributed by atoms with Gasteiger partial charge in [0.2, 0.25) is 0 Å². The van der Waals surface area contributed by atoms with Crippen molar-refractivity contribution >= 4 is 23.9 Å². The number of carboxylic acid groups (broad SMARTS) is 1. The molecule has 0 amide bonds. The van der Waals surface area contributed by atoms with Gasteiger partial charge in [0.1, 0.15) is 11.5 Å². The highest BCUT2D eigenvalue weighted by atomic mass is 35.5. The number of aromatic nitrogens is 2. The van der Waals surface area contributed by atoms with Gasteiger partial charge in [0.15, 0.2) is 11.4 Å². The molecule has 5 nitrogen and oxygen atoms in total. The van der Waals surface area contributed by atoms with Crippen LogP contribution < -0.4 is 0 Å². The maximum absolute atomic E-state index is 11.9. The van der Waals surface area contributed by atoms with Crippen molar-refractivity contribution in [3.63, 3.8) is 0 Å². The first-order chi connectivity index (χ1) is 13.0. The van der Waals surface area contributed by atoms with Gasteiger partial charge in [-0.25, -0.2) is 4.98 Å². The second kappa shape index (κ2) is 8.26. The summed E-state index contributed by atoms with van der Waals surface area (Å²) in [7, 11) is 0. The monoisotopic (exact) mass is 388 g/mol. The van der Waals surface area contributed by atoms with Crippen LogP contribution in [0, 0.1) is 0 Å². The maximum Gasteiger partial charge on any atom is 0.314 e. The van der Waals surface area contributed by atoms with Crippen molar-refractivity contribution in [2.75, 3.05) is 0 Å². The van der Waals surface area contributed by atoms with Crippen LogP contribution in [0.1, 0.15) is 72.9 Å². The number of carbonyl (C=O) groups is 2. The molecule has 0 aliphatic heterocycles. The lowest BCUT2D eigenvalue weighted by molar-refractivity contribution is -0.143. The molecular formula is C21H25ClN2O3. The lowest BCUT2D eigenvalue weighted by Gasteiger charge is -2.24. The minimum absolute atomic E-state index is 0.239. The van der Waals surface area contributed by atoms with Crippen LogP contribution in [0.15, 0.2) is 24.3 Å². The molecule has 27 heavy (non-hydrogen) atoms. The summed E-state index contributed by atoms with van der Waals surface area (Å²) in [4.78, 5) is 27.7. The molecule has 1 saturated carbocycles. The van der Waals surface area contributed by atoms with E-state index < -0.39 is 11.4 Å². The fourth-order valence-corrected chi connectivity index (χ4v) is 4.26. The number of nitrogens with zero attached hydrogens (tertiary/aromatic N) is 2. The van der Waals surface area contributed by atoms with Crippen LogP contribution in [0.4, 0.5) is 0 Å². The first-order valence-corrected chi connectivity index (χ1v) is 9.92. The molecule has 0 bridgehead atoms. The van der Waals surface area contributed by atoms with Crippen LogP contribution in [0.2, 0.25) is 5.15 Å². The Morgan fingerprint density at radius 2 is 1.96 bits per heavy atom. The zero-order valence-electron chi connectivity index (χ0n) is 15.6. The normalized spacial score (nSPS) is 15.8. The quantitative estimate of drug-likeness (QED) is 0.669. The molecule has 1 aromatic heterocycles. The summed E-state index contributed by atoms with van der Waals surface area (Å²) < 4.78 is 1.86. The van der Waals surface area contributed by atoms with E-state index in [1.807, 2.05) is 28.8 Å². The van der Waals surface area contributed by atoms with Crippen LogP contribution in [-0.2, 0) is 23.2 Å². The number of carboxylic acids is 1. The number of aliphatic carboxylic acids is 1. The van der Waals surface area contributed by atoms with Gasteiger partial charge in [-0.05, 0) is 30.4 Å². The van der Waals surface area contributed by atoms with Gasteiger partial charge >= 0.3 is 5.97 Å². The second-order valence-corrected chi connectivity index (χ2v) is 7.66. The Kier molecular flexibility index (Phi) is 6.00. The summed E-state index contributed by atoms with van der Waals surface area (Å²) >= 11 is 6.13. The highest BCUT2D eigenvalue weighted by molar-refractivity contribution is 6.31. The molecule has 0 spiro atoms. The van der Waals surface area contributed by atoms with E-state index in [1.165, 1.54) is 0 Å². The van der Waals surface area contributed by atoms with Crippen molar-refractivity contribution in [1.29, 1.82) is 0 Å². The Labute approximate surface area is 164 Å². The summed E-state index contributed by atoms with van der Waals surface area (Å²) in [5, 5.41) is 9.99. The number of rotatable bonds is 8. The van der Waals surface area contributed by atoms with Gasteiger partial charge in [0.05, 0.1) is 5.41 Å². The van der Waals surface area contributed by atoms with Crippen molar-refractivity contribution < 1.29 is 14.7 Å². The van der Waals surface area contributed by atoms with Crippen molar-refractivity contribution in [2.45, 2.75) is 63.8 Å². The fourth-order valence-electron chi connectivity index (χ4n) is 4.01. The third-order valence-electron chi connectivity index (χ3n) is 5.62. The molecule has 1 heterocycles. The molecule has 1 aromatic carbocycles. The molecule has 2 aromatic rings. The molecule has 1 aliphatic carbocycles. The molecular weight excluding hydrogens is 364 g/mol. The van der Waals surface area contributed by atoms with Gasteiger partial charge in [0.25, 0.3) is 0 Å². The number of halogens is 1. The SMILES string of the molecule is CCCCc1nc(Cl)c(C=O)n1Cc1ccc(C2(C(=O)O)CCCC2)cc1. The average Bonchev–Trinajstić information content (AvgIpc) is 3.26. The van der Waals surface area contributed by atoms with Crippen molar-refractivity contribution in [2.24, 2.45) is 0 Å². The van der Waals surface area contributed by atoms with E-state index in [4.69, 9.17) is 11.6 Å². The first-order valence-electron chi connectivity index (χ1n) is 9.54. The Bertz CT molecular complexity index is 821. The van der Waals surface area contributed by atoms with Crippen molar-refractivity contribution in [1.82, 2.24) is 9.55 Å². The Morgan fingerprint density at radius 3 is 2.52 bits per heavy atom. The van der Waals surface area contributed by atoms with Crippen LogP contribution in [0.5, 0.6) is 0 Å². The summed E-state index contributed by atoms with van der Waals surface area (Å²) in [5.74, 6) is 0.0741. The van der Waals surface area contributed by atoms with Crippen LogP contribution >= 0.6 is 11.6 Å². The zero-order valence-corrected chi connectivity index (χ0v) is 16.3. The molecule has 0 saturated heterocycles. The van der Waals surface area contributed by atoms with Gasteiger partial charge in [-0.2, -0.15) is 0 Å². The molecule has 6 heteroatoms.